The van der Waals surface area contributed by atoms with Crippen LogP contribution in [0.15, 0.2) is 24.3 Å². The van der Waals surface area contributed by atoms with E-state index in [1.165, 1.54) is 12.8 Å². The van der Waals surface area contributed by atoms with E-state index in [4.69, 9.17) is 0 Å². The number of likely N-dealkylation sites (N-methyl/N-ethyl adjacent to an activating group) is 1. The van der Waals surface area contributed by atoms with E-state index in [0.29, 0.717) is 31.1 Å². The largest absolute Gasteiger partial charge is 0.342 e. The van der Waals surface area contributed by atoms with Crippen molar-refractivity contribution >= 4 is 30.0 Å². The Kier molecular flexibility index (Phi) is 7.92. The second-order valence-corrected chi connectivity index (χ2v) is 7.52. The summed E-state index contributed by atoms with van der Waals surface area (Å²) in [6, 6.07) is 8.83. The summed E-state index contributed by atoms with van der Waals surface area (Å²) in [4.78, 5) is 26.3. The molecule has 6 nitrogen and oxygen atoms in total. The SMILES string of the molecule is CCCNC(=O)Nc1ccc(CC(=O)N(C)C2CC3CCC(C2)N3)cc1.Cl. The molecule has 2 heterocycles. The van der Waals surface area contributed by atoms with E-state index in [2.05, 4.69) is 16.0 Å². The molecule has 2 fully saturated rings. The van der Waals surface area contributed by atoms with Gasteiger partial charge in [-0.3, -0.25) is 4.79 Å². The van der Waals surface area contributed by atoms with E-state index in [1.54, 1.807) is 0 Å². The summed E-state index contributed by atoms with van der Waals surface area (Å²) >= 11 is 0. The number of carbonyl (C=O) groups is 2. The van der Waals surface area contributed by atoms with Crippen molar-refractivity contribution < 1.29 is 9.59 Å². The van der Waals surface area contributed by atoms with Crippen molar-refractivity contribution in [2.24, 2.45) is 0 Å². The van der Waals surface area contributed by atoms with Gasteiger partial charge in [-0.15, -0.1) is 12.4 Å². The number of rotatable bonds is 6. The van der Waals surface area contributed by atoms with Crippen LogP contribution >= 0.6 is 12.4 Å². The molecule has 2 unspecified atom stereocenters. The maximum Gasteiger partial charge on any atom is 0.319 e. The number of carbonyl (C=O) groups excluding carboxylic acids is 2. The molecular weight excluding hydrogens is 364 g/mol. The minimum Gasteiger partial charge on any atom is -0.342 e. The highest BCUT2D eigenvalue weighted by atomic mass is 35.5. The molecule has 27 heavy (non-hydrogen) atoms. The van der Waals surface area contributed by atoms with Crippen molar-refractivity contribution in [2.75, 3.05) is 18.9 Å². The van der Waals surface area contributed by atoms with Gasteiger partial charge >= 0.3 is 6.03 Å². The van der Waals surface area contributed by atoms with Gasteiger partial charge in [0, 0.05) is 37.4 Å². The predicted octanol–water partition coefficient (Wildman–Crippen LogP) is 2.92. The number of hydrogen-bond acceptors (Lipinski definition) is 3. The fraction of sp³-hybridized carbons (Fsp3) is 0.600. The van der Waals surface area contributed by atoms with E-state index >= 15 is 0 Å². The molecule has 0 aliphatic carbocycles. The summed E-state index contributed by atoms with van der Waals surface area (Å²) in [5.41, 5.74) is 1.70. The van der Waals surface area contributed by atoms with Crippen LogP contribution in [-0.4, -0.2) is 48.6 Å². The van der Waals surface area contributed by atoms with E-state index in [9.17, 15) is 9.59 Å². The van der Waals surface area contributed by atoms with Crippen molar-refractivity contribution in [1.29, 1.82) is 0 Å². The van der Waals surface area contributed by atoms with Crippen molar-refractivity contribution in [3.63, 3.8) is 0 Å². The number of urea groups is 1. The van der Waals surface area contributed by atoms with Crippen LogP contribution in [0.4, 0.5) is 10.5 Å². The van der Waals surface area contributed by atoms with Crippen LogP contribution in [0.3, 0.4) is 0 Å². The first-order chi connectivity index (χ1) is 12.5. The summed E-state index contributed by atoms with van der Waals surface area (Å²) in [5, 5.41) is 9.19. The Bertz CT molecular complexity index is 625. The quantitative estimate of drug-likeness (QED) is 0.694. The highest BCUT2D eigenvalue weighted by molar-refractivity contribution is 5.89. The zero-order chi connectivity index (χ0) is 18.5. The first-order valence-corrected chi connectivity index (χ1v) is 9.70. The molecule has 0 saturated carbocycles. The summed E-state index contributed by atoms with van der Waals surface area (Å²) in [7, 11) is 1.94. The lowest BCUT2D eigenvalue weighted by atomic mass is 9.98. The lowest BCUT2D eigenvalue weighted by Crippen LogP contribution is -2.49. The van der Waals surface area contributed by atoms with Crippen LogP contribution in [0.2, 0.25) is 0 Å². The van der Waals surface area contributed by atoms with E-state index < -0.39 is 0 Å². The average Bonchev–Trinajstić information content (AvgIpc) is 2.98. The summed E-state index contributed by atoms with van der Waals surface area (Å²) in [6.07, 6.45) is 5.91. The second-order valence-electron chi connectivity index (χ2n) is 7.52. The summed E-state index contributed by atoms with van der Waals surface area (Å²) < 4.78 is 0. The van der Waals surface area contributed by atoms with Crippen molar-refractivity contribution in [2.45, 2.75) is 63.6 Å². The normalized spacial score (nSPS) is 23.3. The maximum absolute atomic E-state index is 12.7. The molecule has 0 radical (unpaired) electrons. The number of piperidine rings is 1. The topological polar surface area (TPSA) is 73.5 Å². The third-order valence-corrected chi connectivity index (χ3v) is 5.49. The molecule has 2 aliphatic rings. The highest BCUT2D eigenvalue weighted by Gasteiger charge is 2.36. The molecule has 2 aliphatic heterocycles. The standard InChI is InChI=1S/C20H30N4O2.ClH/c1-3-10-21-20(26)23-15-6-4-14(5-7-15)11-19(25)24(2)18-12-16-8-9-17(13-18)22-16;/h4-7,16-18,22H,3,8-13H2,1-2H3,(H2,21,23,26);1H. The summed E-state index contributed by atoms with van der Waals surface area (Å²) in [6.45, 7) is 2.67. The first kappa shape index (κ1) is 21.5. The second kappa shape index (κ2) is 9.95. The molecule has 3 rings (SSSR count). The molecule has 0 spiro atoms. The Morgan fingerprint density at radius 1 is 1.15 bits per heavy atom. The lowest BCUT2D eigenvalue weighted by molar-refractivity contribution is -0.131. The van der Waals surface area contributed by atoms with Crippen LogP contribution in [0.5, 0.6) is 0 Å². The van der Waals surface area contributed by atoms with Gasteiger partial charge in [-0.25, -0.2) is 4.79 Å². The minimum absolute atomic E-state index is 0. The van der Waals surface area contributed by atoms with E-state index in [1.807, 2.05) is 43.1 Å². The Hall–Kier alpha value is -1.79. The monoisotopic (exact) mass is 394 g/mol. The lowest BCUT2D eigenvalue weighted by Gasteiger charge is -2.35. The number of benzene rings is 1. The fourth-order valence-corrected chi connectivity index (χ4v) is 3.97. The van der Waals surface area contributed by atoms with E-state index in [0.717, 1.165) is 30.5 Å². The van der Waals surface area contributed by atoms with Crippen molar-refractivity contribution in [3.05, 3.63) is 29.8 Å². The van der Waals surface area contributed by atoms with Gasteiger partial charge in [-0.05, 0) is 49.8 Å². The molecule has 1 aromatic rings. The number of hydrogen-bond donors (Lipinski definition) is 3. The third-order valence-electron chi connectivity index (χ3n) is 5.49. The molecule has 0 aromatic heterocycles. The number of nitrogens with zero attached hydrogens (tertiary/aromatic N) is 1. The molecule has 7 heteroatoms. The number of anilines is 1. The zero-order valence-electron chi connectivity index (χ0n) is 16.2. The number of amides is 3. The minimum atomic E-state index is -0.198. The van der Waals surface area contributed by atoms with Crippen LogP contribution < -0.4 is 16.0 Å². The Balaban J connectivity index is 0.00000261. The van der Waals surface area contributed by atoms with Crippen LogP contribution in [0, 0.1) is 0 Å². The average molecular weight is 395 g/mol. The fourth-order valence-electron chi connectivity index (χ4n) is 3.97. The number of nitrogens with one attached hydrogen (secondary N) is 3. The smallest absolute Gasteiger partial charge is 0.319 e. The van der Waals surface area contributed by atoms with Gasteiger partial charge in [0.15, 0.2) is 0 Å². The van der Waals surface area contributed by atoms with Crippen LogP contribution in [0.1, 0.15) is 44.6 Å². The van der Waals surface area contributed by atoms with Gasteiger partial charge < -0.3 is 20.9 Å². The molecule has 150 valence electrons. The first-order valence-electron chi connectivity index (χ1n) is 9.70. The molecule has 1 aromatic carbocycles. The predicted molar refractivity (Wildman–Crippen MR) is 110 cm³/mol. The van der Waals surface area contributed by atoms with E-state index in [-0.39, 0.29) is 24.3 Å². The summed E-state index contributed by atoms with van der Waals surface area (Å²) in [5.74, 6) is 0.165. The zero-order valence-corrected chi connectivity index (χ0v) is 17.0. The van der Waals surface area contributed by atoms with Gasteiger partial charge in [0.05, 0.1) is 6.42 Å². The van der Waals surface area contributed by atoms with Gasteiger partial charge in [0.25, 0.3) is 0 Å². The van der Waals surface area contributed by atoms with Gasteiger partial charge in [0.2, 0.25) is 5.91 Å². The third kappa shape index (κ3) is 5.84. The Labute approximate surface area is 167 Å². The molecule has 2 saturated heterocycles. The van der Waals surface area contributed by atoms with Crippen molar-refractivity contribution in [3.8, 4) is 0 Å². The number of fused-ring (bicyclic) bond motifs is 2. The van der Waals surface area contributed by atoms with Gasteiger partial charge in [-0.2, -0.15) is 0 Å². The maximum atomic E-state index is 12.7. The highest BCUT2D eigenvalue weighted by Crippen LogP contribution is 2.29. The van der Waals surface area contributed by atoms with Gasteiger partial charge in [0.1, 0.15) is 0 Å². The van der Waals surface area contributed by atoms with Crippen molar-refractivity contribution in [1.82, 2.24) is 15.5 Å². The Morgan fingerprint density at radius 3 is 2.37 bits per heavy atom. The molecule has 2 bridgehead atoms. The number of halogens is 1. The molecule has 2 atom stereocenters. The van der Waals surface area contributed by atoms with Crippen LogP contribution in [-0.2, 0) is 11.2 Å². The molecular formula is C20H31ClN4O2. The molecule has 3 amide bonds. The Morgan fingerprint density at radius 2 is 1.78 bits per heavy atom. The van der Waals surface area contributed by atoms with Crippen LogP contribution in [0.25, 0.3) is 0 Å². The van der Waals surface area contributed by atoms with Gasteiger partial charge in [-0.1, -0.05) is 19.1 Å². The molecule has 3 N–H and O–H groups in total.